The molecule has 0 atom stereocenters. The van der Waals surface area contributed by atoms with E-state index in [-0.39, 0.29) is 17.4 Å². The molecule has 74 valence electrons. The monoisotopic (exact) mass is 192 g/mol. The zero-order valence-corrected chi connectivity index (χ0v) is 7.44. The molecule has 0 radical (unpaired) electrons. The molecule has 1 rings (SSSR count). The van der Waals surface area contributed by atoms with Crippen molar-refractivity contribution in [2.45, 2.75) is 20.0 Å². The first kappa shape index (κ1) is 11.9. The van der Waals surface area contributed by atoms with E-state index in [2.05, 4.69) is 4.98 Å². The number of nitrogens with zero attached hydrogens (tertiary/aromatic N) is 1. The van der Waals surface area contributed by atoms with Gasteiger partial charge in [0, 0.05) is 11.9 Å². The molecule has 0 bridgehead atoms. The van der Waals surface area contributed by atoms with Crippen LogP contribution in [0.5, 0.6) is 0 Å². The Morgan fingerprint density at radius 3 is 2.08 bits per heavy atom. The topological polar surface area (TPSA) is 47.9 Å². The van der Waals surface area contributed by atoms with Crippen LogP contribution in [0.4, 0.5) is 13.2 Å². The summed E-state index contributed by atoms with van der Waals surface area (Å²) < 4.78 is 36.8. The highest BCUT2D eigenvalue weighted by Crippen LogP contribution is 2.32. The normalized spacial score (nSPS) is 10.8. The van der Waals surface area contributed by atoms with Gasteiger partial charge in [-0.15, -0.1) is 0 Å². The second-order valence-corrected chi connectivity index (χ2v) is 2.59. The predicted molar refractivity (Wildman–Crippen MR) is 43.7 cm³/mol. The minimum Gasteiger partial charge on any atom is -0.344 e. The summed E-state index contributed by atoms with van der Waals surface area (Å²) in [5, 5.41) is 0. The number of pyridine rings is 1. The van der Waals surface area contributed by atoms with E-state index in [9.17, 15) is 13.2 Å². The molecule has 5 heteroatoms. The second kappa shape index (κ2) is 3.74. The lowest BCUT2D eigenvalue weighted by Gasteiger charge is -2.11. The molecule has 0 aliphatic heterocycles. The van der Waals surface area contributed by atoms with Crippen LogP contribution in [0.25, 0.3) is 0 Å². The van der Waals surface area contributed by atoms with Crippen LogP contribution >= 0.6 is 0 Å². The molecule has 0 fully saturated rings. The smallest absolute Gasteiger partial charge is 0.344 e. The zero-order chi connectivity index (χ0) is 9.35. The van der Waals surface area contributed by atoms with Gasteiger partial charge in [0.15, 0.2) is 0 Å². The fourth-order valence-corrected chi connectivity index (χ4v) is 1.12. The Balaban J connectivity index is 0.00000144. The van der Waals surface area contributed by atoms with Crippen LogP contribution in [-0.4, -0.2) is 4.98 Å². The molecule has 0 saturated carbocycles. The molecule has 1 heterocycles. The lowest BCUT2D eigenvalue weighted by molar-refractivity contribution is -0.138. The van der Waals surface area contributed by atoms with E-state index < -0.39 is 11.7 Å². The Kier molecular flexibility index (Phi) is 3.42. The highest BCUT2D eigenvalue weighted by atomic mass is 19.4. The molecule has 3 N–H and O–H groups in total. The summed E-state index contributed by atoms with van der Waals surface area (Å²) in [5.74, 6) is 0. The van der Waals surface area contributed by atoms with Gasteiger partial charge in [-0.3, -0.25) is 4.98 Å². The van der Waals surface area contributed by atoms with Crippen LogP contribution in [0, 0.1) is 13.8 Å². The van der Waals surface area contributed by atoms with Crippen LogP contribution in [0.15, 0.2) is 12.3 Å². The van der Waals surface area contributed by atoms with Gasteiger partial charge in [0.2, 0.25) is 0 Å². The lowest BCUT2D eigenvalue weighted by Crippen LogP contribution is -2.10. The second-order valence-electron chi connectivity index (χ2n) is 2.59. The van der Waals surface area contributed by atoms with Gasteiger partial charge in [0.25, 0.3) is 0 Å². The van der Waals surface area contributed by atoms with Crippen molar-refractivity contribution in [3.63, 3.8) is 0 Å². The van der Waals surface area contributed by atoms with E-state index in [0.717, 1.165) is 0 Å². The van der Waals surface area contributed by atoms with Gasteiger partial charge < -0.3 is 6.15 Å². The van der Waals surface area contributed by atoms with Crippen LogP contribution in [0.3, 0.4) is 0 Å². The summed E-state index contributed by atoms with van der Waals surface area (Å²) in [6.07, 6.45) is -2.91. The third-order valence-corrected chi connectivity index (χ3v) is 1.63. The van der Waals surface area contributed by atoms with Gasteiger partial charge in [0.1, 0.15) is 0 Å². The molecule has 0 saturated heterocycles. The Morgan fingerprint density at radius 1 is 1.23 bits per heavy atom. The largest absolute Gasteiger partial charge is 0.418 e. The minimum atomic E-state index is -4.29. The number of rotatable bonds is 0. The Bertz CT molecular complexity index is 274. The van der Waals surface area contributed by atoms with Gasteiger partial charge in [-0.05, 0) is 25.5 Å². The summed E-state index contributed by atoms with van der Waals surface area (Å²) in [6, 6.07) is 1.36. The van der Waals surface area contributed by atoms with E-state index in [1.165, 1.54) is 26.1 Å². The maximum absolute atomic E-state index is 12.3. The predicted octanol–water partition coefficient (Wildman–Crippen LogP) is 2.88. The summed E-state index contributed by atoms with van der Waals surface area (Å²) in [6.45, 7) is 2.79. The first-order chi connectivity index (χ1) is 5.43. The van der Waals surface area contributed by atoms with Crippen molar-refractivity contribution < 1.29 is 13.2 Å². The molecule has 0 unspecified atom stereocenters. The molecular weight excluding hydrogens is 181 g/mol. The van der Waals surface area contributed by atoms with Gasteiger partial charge in [0.05, 0.1) is 5.56 Å². The number of halogens is 3. The van der Waals surface area contributed by atoms with E-state index in [1.807, 2.05) is 0 Å². The van der Waals surface area contributed by atoms with Crippen molar-refractivity contribution in [3.8, 4) is 0 Å². The first-order valence-electron chi connectivity index (χ1n) is 3.42. The molecule has 13 heavy (non-hydrogen) atoms. The van der Waals surface area contributed by atoms with Gasteiger partial charge in [-0.2, -0.15) is 13.2 Å². The van der Waals surface area contributed by atoms with E-state index in [1.54, 1.807) is 0 Å². The molecule has 0 aliphatic rings. The van der Waals surface area contributed by atoms with Gasteiger partial charge >= 0.3 is 6.18 Å². The van der Waals surface area contributed by atoms with Crippen LogP contribution in [0.2, 0.25) is 0 Å². The molecule has 2 nitrogen and oxygen atoms in total. The van der Waals surface area contributed by atoms with Crippen molar-refractivity contribution >= 4 is 0 Å². The first-order valence-corrected chi connectivity index (χ1v) is 3.42. The van der Waals surface area contributed by atoms with Crippen molar-refractivity contribution in [1.82, 2.24) is 11.1 Å². The Morgan fingerprint density at radius 2 is 1.77 bits per heavy atom. The molecule has 0 amide bonds. The quantitative estimate of drug-likeness (QED) is 0.687. The van der Waals surface area contributed by atoms with Crippen molar-refractivity contribution in [3.05, 3.63) is 29.1 Å². The van der Waals surface area contributed by atoms with Crippen LogP contribution in [0.1, 0.15) is 16.8 Å². The maximum atomic E-state index is 12.3. The molecule has 0 aromatic carbocycles. The van der Waals surface area contributed by atoms with Crippen LogP contribution < -0.4 is 6.15 Å². The highest BCUT2D eigenvalue weighted by molar-refractivity contribution is 5.30. The van der Waals surface area contributed by atoms with E-state index >= 15 is 0 Å². The van der Waals surface area contributed by atoms with Crippen molar-refractivity contribution in [1.29, 1.82) is 0 Å². The van der Waals surface area contributed by atoms with Gasteiger partial charge in [-0.1, -0.05) is 0 Å². The fourth-order valence-electron chi connectivity index (χ4n) is 1.12. The molecular formula is C8H11F3N2. The van der Waals surface area contributed by atoms with E-state index in [4.69, 9.17) is 0 Å². The minimum absolute atomic E-state index is 0. The molecule has 0 spiro atoms. The zero-order valence-electron chi connectivity index (χ0n) is 7.44. The standard InChI is InChI=1S/C8H8F3N.H3N/c1-5-3-4-12-6(2)7(5)8(9,10)11;/h3-4H,1-2H3;1H3. The highest BCUT2D eigenvalue weighted by Gasteiger charge is 2.34. The average Bonchev–Trinajstić information content (AvgIpc) is 1.82. The van der Waals surface area contributed by atoms with Crippen molar-refractivity contribution in [2.75, 3.05) is 0 Å². The maximum Gasteiger partial charge on any atom is 0.418 e. The Hall–Kier alpha value is -1.10. The average molecular weight is 192 g/mol. The number of aryl methyl sites for hydroxylation is 2. The number of hydrogen-bond acceptors (Lipinski definition) is 2. The number of alkyl halides is 3. The van der Waals surface area contributed by atoms with E-state index in [0.29, 0.717) is 0 Å². The fraction of sp³-hybridized carbons (Fsp3) is 0.375. The number of hydrogen-bond donors (Lipinski definition) is 1. The summed E-state index contributed by atoms with van der Waals surface area (Å²) in [7, 11) is 0. The lowest BCUT2D eigenvalue weighted by atomic mass is 10.1. The van der Waals surface area contributed by atoms with Crippen molar-refractivity contribution in [2.24, 2.45) is 0 Å². The molecule has 1 aromatic heterocycles. The third-order valence-electron chi connectivity index (χ3n) is 1.63. The summed E-state index contributed by atoms with van der Waals surface area (Å²) in [5.41, 5.74) is -0.373. The summed E-state index contributed by atoms with van der Waals surface area (Å²) in [4.78, 5) is 3.59. The summed E-state index contributed by atoms with van der Waals surface area (Å²) >= 11 is 0. The van der Waals surface area contributed by atoms with Gasteiger partial charge in [-0.25, -0.2) is 0 Å². The molecule has 0 aliphatic carbocycles. The Labute approximate surface area is 74.4 Å². The number of aromatic nitrogens is 1. The third kappa shape index (κ3) is 2.42. The van der Waals surface area contributed by atoms with Crippen LogP contribution in [-0.2, 0) is 6.18 Å². The SMILES string of the molecule is Cc1ccnc(C)c1C(F)(F)F.N. The molecule has 1 aromatic rings.